The van der Waals surface area contributed by atoms with Crippen molar-refractivity contribution in [3.8, 4) is 29.6 Å². The Morgan fingerprint density at radius 2 is 1.07 bits per heavy atom. The third-order valence-corrected chi connectivity index (χ3v) is 18.4. The van der Waals surface area contributed by atoms with E-state index in [1.54, 1.807) is 64.1 Å². The van der Waals surface area contributed by atoms with E-state index in [2.05, 4.69) is 40.5 Å². The molecule has 11 rings (SSSR count). The molecular weight excluding hydrogens is 1110 g/mol. The summed E-state index contributed by atoms with van der Waals surface area (Å²) in [6, 6.07) is 69.0. The fourth-order valence-corrected chi connectivity index (χ4v) is 14.4. The van der Waals surface area contributed by atoms with Crippen LogP contribution in [-0.2, 0) is 20.7 Å². The minimum atomic E-state index is -1.30. The van der Waals surface area contributed by atoms with Gasteiger partial charge in [0.05, 0.1) is 7.11 Å². The van der Waals surface area contributed by atoms with E-state index in [9.17, 15) is 14.9 Å². The molecular formula is C68H58N6O8Se. The van der Waals surface area contributed by atoms with E-state index in [0.29, 0.717) is 43.8 Å². The van der Waals surface area contributed by atoms with E-state index >= 15 is 0 Å². The molecule has 14 nitrogen and oxygen atoms in total. The summed E-state index contributed by atoms with van der Waals surface area (Å²) in [5, 5.41) is 16.1. The molecule has 0 aliphatic heterocycles. The zero-order valence-corrected chi connectivity index (χ0v) is 47.5. The Hall–Kier alpha value is -9.42. The number of methoxy groups -OCH3 is 3. The number of hydrogen-bond donors (Lipinski definition) is 1. The molecule has 83 heavy (non-hydrogen) atoms. The van der Waals surface area contributed by atoms with Crippen LogP contribution in [0.5, 0.6) is 17.2 Å². The molecule has 414 valence electrons. The van der Waals surface area contributed by atoms with Crippen LogP contribution in [0.25, 0.3) is 11.2 Å². The van der Waals surface area contributed by atoms with E-state index in [0.717, 1.165) is 33.4 Å². The number of nitro groups is 1. The summed E-state index contributed by atoms with van der Waals surface area (Å²) in [6.45, 7) is -0.000386. The van der Waals surface area contributed by atoms with Gasteiger partial charge < -0.3 is 0 Å². The molecule has 0 saturated heterocycles. The summed E-state index contributed by atoms with van der Waals surface area (Å²) >= 11 is -0.524. The number of para-hydroxylation sites is 1. The fraction of sp³-hybridized carbons (Fsp3) is 0.176. The number of imidazole rings is 1. The summed E-state index contributed by atoms with van der Waals surface area (Å²) < 4.78 is 35.5. The number of benzene rings is 8. The topological polar surface area (TPSA) is 162 Å². The van der Waals surface area contributed by atoms with Gasteiger partial charge in [-0.3, -0.25) is 0 Å². The van der Waals surface area contributed by atoms with Crippen LogP contribution >= 0.6 is 0 Å². The van der Waals surface area contributed by atoms with Crippen LogP contribution in [0, 0.1) is 39.7 Å². The molecule has 15 heteroatoms. The standard InChI is InChI=1S/C68H58N6O8Se/c1-5-66(44-82-68(50-26-16-9-17-27-50,52-32-38-55(79-3)39-33-52)53-34-40-56(80-4)41-35-53)57(42-81-67(48-22-12-7-13-23-48,49-24-14-8-15-25-49)51-30-36-54(78-2)37-31-51)62(58(66)43-83-60-29-19-18-28-59(60)74(76)77)73-46-71-61-63(69-45-70-64(61)73)72-65(75)47-20-10-6-11-21-47/h1,6-41,45-46,57-58,62H,42-44H2,2-4H3,(H,69,70,72,75)/t57-,58+,62-,66+/m0/s1. The summed E-state index contributed by atoms with van der Waals surface area (Å²) in [5.74, 6) is 4.21. The Balaban J connectivity index is 1.13. The maximum absolute atomic E-state index is 13.8. The van der Waals surface area contributed by atoms with Gasteiger partial charge in [-0.15, -0.1) is 0 Å². The molecule has 2 heterocycles. The van der Waals surface area contributed by atoms with Gasteiger partial charge in [0.1, 0.15) is 0 Å². The van der Waals surface area contributed by atoms with Crippen LogP contribution in [0.3, 0.4) is 0 Å². The van der Waals surface area contributed by atoms with E-state index in [1.807, 2.05) is 162 Å². The van der Waals surface area contributed by atoms with Gasteiger partial charge >= 0.3 is 477 Å². The van der Waals surface area contributed by atoms with Gasteiger partial charge in [-0.25, -0.2) is 0 Å². The van der Waals surface area contributed by atoms with Crippen molar-refractivity contribution in [1.29, 1.82) is 0 Å². The molecule has 0 bridgehead atoms. The van der Waals surface area contributed by atoms with Gasteiger partial charge in [0.2, 0.25) is 0 Å². The Morgan fingerprint density at radius 1 is 0.614 bits per heavy atom. The number of amides is 1. The van der Waals surface area contributed by atoms with Crippen molar-refractivity contribution in [2.75, 3.05) is 39.9 Å². The SMILES string of the molecule is C#C[C@]1(COC(c2ccccc2)(c2ccc(OC)cc2)c2ccc(OC)cc2)[C@H](C[Se]c2ccccc2[N+](=O)[O-])[C@@H](n2cnc3c(NC(=O)c4ccccc4)ncnc32)[C@@H]1COC(c1ccccc1)(c1ccccc1)c1ccc(OC)cc1. The number of hydrogen-bond acceptors (Lipinski definition) is 11. The molecule has 10 aromatic rings. The first-order chi connectivity index (χ1) is 40.7. The molecule has 0 spiro atoms. The van der Waals surface area contributed by atoms with Crippen molar-refractivity contribution in [2.45, 2.75) is 22.6 Å². The molecule has 0 radical (unpaired) electrons. The summed E-state index contributed by atoms with van der Waals surface area (Å²) in [4.78, 5) is 40.5. The van der Waals surface area contributed by atoms with Crippen LogP contribution in [0.1, 0.15) is 49.8 Å². The maximum atomic E-state index is 13.8. The first-order valence-corrected chi connectivity index (χ1v) is 29.0. The predicted molar refractivity (Wildman–Crippen MR) is 320 cm³/mol. The van der Waals surface area contributed by atoms with E-state index in [-0.39, 0.29) is 35.5 Å². The van der Waals surface area contributed by atoms with Crippen molar-refractivity contribution in [3.05, 3.63) is 280 Å². The molecule has 2 aromatic heterocycles. The summed E-state index contributed by atoms with van der Waals surface area (Å²) in [6.07, 6.45) is 10.4. The zero-order chi connectivity index (χ0) is 57.4. The quantitative estimate of drug-likeness (QED) is 0.0226. The Labute approximate surface area is 487 Å². The first-order valence-electron chi connectivity index (χ1n) is 26.9. The zero-order valence-electron chi connectivity index (χ0n) is 45.8. The number of fused-ring (bicyclic) bond motifs is 1. The number of ether oxygens (including phenoxy) is 5. The minimum absolute atomic E-state index is 0.0301. The van der Waals surface area contributed by atoms with Gasteiger partial charge in [-0.05, 0) is 0 Å². The summed E-state index contributed by atoms with van der Waals surface area (Å²) in [5.41, 5.74) is 2.58. The Bertz CT molecular complexity index is 3800. The van der Waals surface area contributed by atoms with Crippen LogP contribution < -0.4 is 24.0 Å². The van der Waals surface area contributed by atoms with Crippen molar-refractivity contribution in [1.82, 2.24) is 19.5 Å². The summed E-state index contributed by atoms with van der Waals surface area (Å²) in [7, 11) is 4.90. The molecule has 1 aliphatic rings. The molecule has 1 saturated carbocycles. The molecule has 1 aliphatic carbocycles. The molecule has 4 atom stereocenters. The number of nitro benzene ring substituents is 1. The number of rotatable bonds is 22. The van der Waals surface area contributed by atoms with Gasteiger partial charge in [0.15, 0.2) is 0 Å². The second kappa shape index (κ2) is 24.3. The molecule has 1 amide bonds. The van der Waals surface area contributed by atoms with Gasteiger partial charge in [0, 0.05) is 0 Å². The predicted octanol–water partition coefficient (Wildman–Crippen LogP) is 11.9. The number of carbonyl (C=O) groups excluding carboxylic acids is 1. The Morgan fingerprint density at radius 3 is 1.55 bits per heavy atom. The number of terminal acetylenes is 1. The number of nitrogens with zero attached hydrogens (tertiary/aromatic N) is 5. The third kappa shape index (κ3) is 10.5. The van der Waals surface area contributed by atoms with Crippen LogP contribution in [-0.4, -0.2) is 79.8 Å². The number of carbonyl (C=O) groups is 1. The van der Waals surface area contributed by atoms with Gasteiger partial charge in [-0.1, -0.05) is 6.07 Å². The van der Waals surface area contributed by atoms with Crippen molar-refractivity contribution < 1.29 is 33.4 Å². The molecule has 1 fully saturated rings. The average molecular weight is 1170 g/mol. The Kier molecular flexibility index (Phi) is 16.3. The first kappa shape index (κ1) is 55.5. The van der Waals surface area contributed by atoms with Crippen molar-refractivity contribution in [3.63, 3.8) is 0 Å². The van der Waals surface area contributed by atoms with Crippen LogP contribution in [0.4, 0.5) is 11.5 Å². The van der Waals surface area contributed by atoms with Gasteiger partial charge in [0.25, 0.3) is 0 Å². The second-order valence-electron chi connectivity index (χ2n) is 20.0. The van der Waals surface area contributed by atoms with Crippen LogP contribution in [0.15, 0.2) is 231 Å². The fourth-order valence-electron chi connectivity index (χ4n) is 11.7. The van der Waals surface area contributed by atoms with E-state index < -0.39 is 49.5 Å². The number of anilines is 1. The number of aromatic nitrogens is 4. The molecule has 0 unspecified atom stereocenters. The number of nitrogens with one attached hydrogen (secondary N) is 1. The average Bonchev–Trinajstić information content (AvgIpc) is 4.21. The molecule has 8 aromatic carbocycles. The molecule has 1 N–H and O–H groups in total. The van der Waals surface area contributed by atoms with E-state index in [1.165, 1.54) is 6.33 Å². The van der Waals surface area contributed by atoms with Gasteiger partial charge in [-0.2, -0.15) is 0 Å². The monoisotopic (exact) mass is 1170 g/mol. The van der Waals surface area contributed by atoms with Crippen LogP contribution in [0.2, 0.25) is 5.32 Å². The third-order valence-electron chi connectivity index (χ3n) is 15.9. The second-order valence-corrected chi connectivity index (χ2v) is 22.3. The normalized spacial score (nSPS) is 16.7. The van der Waals surface area contributed by atoms with E-state index in [4.69, 9.17) is 40.1 Å². The van der Waals surface area contributed by atoms with Crippen molar-refractivity contribution >= 4 is 48.0 Å². The van der Waals surface area contributed by atoms with Crippen molar-refractivity contribution in [2.24, 2.45) is 17.3 Å².